The van der Waals surface area contributed by atoms with Gasteiger partial charge in [0.2, 0.25) is 0 Å². The molecule has 0 amide bonds. The molecule has 0 aromatic carbocycles. The Balaban J connectivity index is 3.05. The van der Waals surface area contributed by atoms with Crippen molar-refractivity contribution in [3.8, 4) is 0 Å². The number of hydrogen-bond donors (Lipinski definition) is 3. The minimum Gasteiger partial charge on any atom is -0.304 e. The van der Waals surface area contributed by atoms with Gasteiger partial charge in [-0.1, -0.05) is 33.1 Å². The number of rotatable bonds is 9. The third kappa shape index (κ3) is 9.80. The maximum absolute atomic E-state index is 5.77. The minimum atomic E-state index is -0.0246. The number of nitrogens with two attached hydrogens (primary N) is 1. The average Bonchev–Trinajstić information content (AvgIpc) is 2.13. The molecule has 0 heterocycles. The molecular weight excluding hydrogens is 162 g/mol. The van der Waals surface area contributed by atoms with Gasteiger partial charge in [0.1, 0.15) is 6.29 Å². The van der Waals surface area contributed by atoms with Gasteiger partial charge in [0.05, 0.1) is 0 Å². The van der Waals surface area contributed by atoms with Crippen molar-refractivity contribution in [1.29, 1.82) is 0 Å². The van der Waals surface area contributed by atoms with Crippen LogP contribution in [0.1, 0.15) is 46.0 Å². The zero-order chi connectivity index (χ0) is 9.94. The highest BCUT2D eigenvalue weighted by atomic mass is 15.2. The molecule has 0 aliphatic carbocycles. The normalized spacial score (nSPS) is 13.2. The minimum absolute atomic E-state index is 0.0246. The van der Waals surface area contributed by atoms with Gasteiger partial charge in [0.15, 0.2) is 0 Å². The topological polar surface area (TPSA) is 50.1 Å². The zero-order valence-corrected chi connectivity index (χ0v) is 9.10. The van der Waals surface area contributed by atoms with E-state index in [0.717, 1.165) is 13.1 Å². The maximum atomic E-state index is 5.77. The van der Waals surface area contributed by atoms with E-state index in [1.807, 2.05) is 0 Å². The number of unbranched alkanes of at least 4 members (excludes halogenated alkanes) is 3. The molecule has 3 nitrogen and oxygen atoms in total. The van der Waals surface area contributed by atoms with E-state index in [2.05, 4.69) is 24.5 Å². The van der Waals surface area contributed by atoms with E-state index in [9.17, 15) is 0 Å². The summed E-state index contributed by atoms with van der Waals surface area (Å²) in [6, 6.07) is 0. The first kappa shape index (κ1) is 12.9. The summed E-state index contributed by atoms with van der Waals surface area (Å²) in [6.07, 6.45) is 6.16. The highest BCUT2D eigenvalue weighted by Gasteiger charge is 1.97. The van der Waals surface area contributed by atoms with Crippen molar-refractivity contribution >= 4 is 0 Å². The molecule has 0 rings (SSSR count). The number of hydrogen-bond acceptors (Lipinski definition) is 3. The molecule has 0 aliphatic heterocycles. The lowest BCUT2D eigenvalue weighted by Gasteiger charge is -2.14. The van der Waals surface area contributed by atoms with Gasteiger partial charge in [0.25, 0.3) is 0 Å². The van der Waals surface area contributed by atoms with Crippen LogP contribution in [-0.4, -0.2) is 19.4 Å². The predicted octanol–water partition coefficient (Wildman–Crippen LogP) is 1.40. The SMILES string of the molecule is CCCCCNC(N)NCCCC. The van der Waals surface area contributed by atoms with Crippen LogP contribution in [-0.2, 0) is 0 Å². The van der Waals surface area contributed by atoms with Crippen molar-refractivity contribution in [2.75, 3.05) is 13.1 Å². The summed E-state index contributed by atoms with van der Waals surface area (Å²) in [5.41, 5.74) is 5.77. The summed E-state index contributed by atoms with van der Waals surface area (Å²) in [6.45, 7) is 6.42. The Morgan fingerprint density at radius 2 is 1.46 bits per heavy atom. The Morgan fingerprint density at radius 3 is 2.00 bits per heavy atom. The molecule has 3 heteroatoms. The van der Waals surface area contributed by atoms with Crippen LogP contribution in [0.2, 0.25) is 0 Å². The van der Waals surface area contributed by atoms with E-state index in [1.54, 1.807) is 0 Å². The Morgan fingerprint density at radius 1 is 0.923 bits per heavy atom. The van der Waals surface area contributed by atoms with Gasteiger partial charge in [-0.15, -0.1) is 0 Å². The van der Waals surface area contributed by atoms with Crippen LogP contribution in [0.15, 0.2) is 0 Å². The summed E-state index contributed by atoms with van der Waals surface area (Å²) in [5, 5.41) is 6.47. The van der Waals surface area contributed by atoms with Crippen LogP contribution < -0.4 is 16.4 Å². The Bertz CT molecular complexity index is 96.2. The second kappa shape index (κ2) is 9.96. The van der Waals surface area contributed by atoms with Crippen LogP contribution in [0.4, 0.5) is 0 Å². The first-order chi connectivity index (χ1) is 6.31. The summed E-state index contributed by atoms with van der Waals surface area (Å²) < 4.78 is 0. The second-order valence-corrected chi connectivity index (χ2v) is 3.45. The lowest BCUT2D eigenvalue weighted by Crippen LogP contribution is -2.49. The monoisotopic (exact) mass is 187 g/mol. The van der Waals surface area contributed by atoms with Gasteiger partial charge >= 0.3 is 0 Å². The van der Waals surface area contributed by atoms with Gasteiger partial charge in [-0.2, -0.15) is 0 Å². The molecule has 80 valence electrons. The maximum Gasteiger partial charge on any atom is 0.109 e. The van der Waals surface area contributed by atoms with E-state index >= 15 is 0 Å². The number of nitrogens with one attached hydrogen (secondary N) is 2. The summed E-state index contributed by atoms with van der Waals surface area (Å²) in [4.78, 5) is 0. The van der Waals surface area contributed by atoms with Gasteiger partial charge in [-0.05, 0) is 25.9 Å². The van der Waals surface area contributed by atoms with E-state index in [1.165, 1.54) is 32.1 Å². The molecule has 1 atom stereocenters. The smallest absolute Gasteiger partial charge is 0.109 e. The third-order valence-electron chi connectivity index (χ3n) is 2.04. The molecule has 0 radical (unpaired) electrons. The van der Waals surface area contributed by atoms with Crippen molar-refractivity contribution in [3.05, 3.63) is 0 Å². The fourth-order valence-electron chi connectivity index (χ4n) is 1.14. The molecule has 0 bridgehead atoms. The van der Waals surface area contributed by atoms with Crippen LogP contribution in [0, 0.1) is 0 Å². The first-order valence-electron chi connectivity index (χ1n) is 5.53. The van der Waals surface area contributed by atoms with Gasteiger partial charge in [-0.25, -0.2) is 0 Å². The van der Waals surface area contributed by atoms with E-state index in [0.29, 0.717) is 0 Å². The molecule has 1 unspecified atom stereocenters. The fourth-order valence-corrected chi connectivity index (χ4v) is 1.14. The molecule has 0 aliphatic rings. The molecule has 0 saturated carbocycles. The first-order valence-corrected chi connectivity index (χ1v) is 5.53. The van der Waals surface area contributed by atoms with Crippen LogP contribution in [0.5, 0.6) is 0 Å². The van der Waals surface area contributed by atoms with E-state index in [4.69, 9.17) is 5.73 Å². The van der Waals surface area contributed by atoms with Crippen molar-refractivity contribution < 1.29 is 0 Å². The second-order valence-electron chi connectivity index (χ2n) is 3.45. The standard InChI is InChI=1S/C10H25N3/c1-3-5-7-9-13-10(11)12-8-6-4-2/h10,12-13H,3-9,11H2,1-2H3. The van der Waals surface area contributed by atoms with Gasteiger partial charge in [-0.3, -0.25) is 10.6 Å². The molecule has 0 fully saturated rings. The van der Waals surface area contributed by atoms with Crippen LogP contribution in [0.25, 0.3) is 0 Å². The third-order valence-corrected chi connectivity index (χ3v) is 2.04. The van der Waals surface area contributed by atoms with Gasteiger partial charge in [0, 0.05) is 0 Å². The van der Waals surface area contributed by atoms with Gasteiger partial charge < -0.3 is 5.73 Å². The van der Waals surface area contributed by atoms with Crippen molar-refractivity contribution in [1.82, 2.24) is 10.6 Å². The largest absolute Gasteiger partial charge is 0.304 e. The predicted molar refractivity (Wildman–Crippen MR) is 58.4 cm³/mol. The highest BCUT2D eigenvalue weighted by Crippen LogP contribution is 1.90. The Hall–Kier alpha value is -0.120. The Labute approximate surface area is 82.5 Å². The summed E-state index contributed by atoms with van der Waals surface area (Å²) in [7, 11) is 0. The van der Waals surface area contributed by atoms with E-state index < -0.39 is 0 Å². The van der Waals surface area contributed by atoms with Crippen LogP contribution in [0.3, 0.4) is 0 Å². The fraction of sp³-hybridized carbons (Fsp3) is 1.00. The summed E-state index contributed by atoms with van der Waals surface area (Å²) in [5.74, 6) is 0. The van der Waals surface area contributed by atoms with Crippen LogP contribution >= 0.6 is 0 Å². The molecule has 4 N–H and O–H groups in total. The van der Waals surface area contributed by atoms with Crippen molar-refractivity contribution in [2.24, 2.45) is 5.73 Å². The molecule has 0 saturated heterocycles. The quantitative estimate of drug-likeness (QED) is 0.378. The molecule has 13 heavy (non-hydrogen) atoms. The molecule has 0 aromatic rings. The lowest BCUT2D eigenvalue weighted by atomic mass is 10.2. The Kier molecular flexibility index (Phi) is 9.87. The van der Waals surface area contributed by atoms with E-state index in [-0.39, 0.29) is 6.29 Å². The highest BCUT2D eigenvalue weighted by molar-refractivity contribution is 4.56. The lowest BCUT2D eigenvalue weighted by molar-refractivity contribution is 0.425. The molecule has 0 spiro atoms. The molecule has 0 aromatic heterocycles. The van der Waals surface area contributed by atoms with Crippen molar-refractivity contribution in [3.63, 3.8) is 0 Å². The average molecular weight is 187 g/mol. The molecular formula is C10H25N3. The zero-order valence-electron chi connectivity index (χ0n) is 9.10. The summed E-state index contributed by atoms with van der Waals surface area (Å²) >= 11 is 0. The van der Waals surface area contributed by atoms with Crippen molar-refractivity contribution in [2.45, 2.75) is 52.2 Å².